The molecule has 7 heteroatoms. The Morgan fingerprint density at radius 2 is 2.16 bits per heavy atom. The second-order valence-electron chi connectivity index (χ2n) is 4.71. The van der Waals surface area contributed by atoms with Crippen molar-refractivity contribution in [2.75, 3.05) is 6.54 Å². The lowest BCUT2D eigenvalue weighted by atomic mass is 10.1. The first-order valence-corrected chi connectivity index (χ1v) is 6.99. The number of aryl methyl sites for hydroxylation is 2. The van der Waals surface area contributed by atoms with Crippen LogP contribution in [-0.4, -0.2) is 39.1 Å². The molecule has 1 saturated heterocycles. The van der Waals surface area contributed by atoms with E-state index in [4.69, 9.17) is 0 Å². The minimum Gasteiger partial charge on any atom is -0.294 e. The van der Waals surface area contributed by atoms with Crippen molar-refractivity contribution in [3.05, 3.63) is 15.9 Å². The van der Waals surface area contributed by atoms with E-state index in [1.165, 1.54) is 0 Å². The first kappa shape index (κ1) is 14.2. The van der Waals surface area contributed by atoms with Crippen molar-refractivity contribution in [3.8, 4) is 0 Å². The van der Waals surface area contributed by atoms with Crippen LogP contribution >= 0.6 is 15.9 Å². The molecule has 1 aromatic rings. The predicted molar refractivity (Wildman–Crippen MR) is 73.3 cm³/mol. The second-order valence-corrected chi connectivity index (χ2v) is 5.50. The SMILES string of the molecule is CCC1C(=O)NC(=O)CN1Cc1c(Br)c(C)nn1C. The fourth-order valence-electron chi connectivity index (χ4n) is 2.37. The zero-order valence-corrected chi connectivity index (χ0v) is 12.8. The van der Waals surface area contributed by atoms with Gasteiger partial charge in [0.2, 0.25) is 11.8 Å². The van der Waals surface area contributed by atoms with Gasteiger partial charge < -0.3 is 0 Å². The highest BCUT2D eigenvalue weighted by molar-refractivity contribution is 9.10. The van der Waals surface area contributed by atoms with E-state index in [1.807, 2.05) is 25.8 Å². The lowest BCUT2D eigenvalue weighted by Crippen LogP contribution is -2.57. The molecular formula is C12H17BrN4O2. The average molecular weight is 329 g/mol. The van der Waals surface area contributed by atoms with Gasteiger partial charge in [0.1, 0.15) is 0 Å². The number of aromatic nitrogens is 2. The Kier molecular flexibility index (Phi) is 4.05. The number of rotatable bonds is 3. The van der Waals surface area contributed by atoms with E-state index in [0.29, 0.717) is 13.0 Å². The van der Waals surface area contributed by atoms with E-state index in [2.05, 4.69) is 26.3 Å². The van der Waals surface area contributed by atoms with Gasteiger partial charge in [-0.1, -0.05) is 6.92 Å². The minimum absolute atomic E-state index is 0.214. The lowest BCUT2D eigenvalue weighted by Gasteiger charge is -2.33. The second kappa shape index (κ2) is 5.42. The summed E-state index contributed by atoms with van der Waals surface area (Å²) in [4.78, 5) is 25.2. The molecule has 0 bridgehead atoms. The largest absolute Gasteiger partial charge is 0.294 e. The van der Waals surface area contributed by atoms with Crippen LogP contribution in [0.2, 0.25) is 0 Å². The Morgan fingerprint density at radius 1 is 1.47 bits per heavy atom. The zero-order chi connectivity index (χ0) is 14.2. The highest BCUT2D eigenvalue weighted by Crippen LogP contribution is 2.23. The number of imide groups is 1. The number of amides is 2. The number of hydrogen-bond donors (Lipinski definition) is 1. The van der Waals surface area contributed by atoms with Crippen LogP contribution < -0.4 is 5.32 Å². The number of nitrogens with one attached hydrogen (secondary N) is 1. The van der Waals surface area contributed by atoms with Gasteiger partial charge in [-0.25, -0.2) is 0 Å². The molecule has 1 N–H and O–H groups in total. The van der Waals surface area contributed by atoms with Gasteiger partial charge in [-0.3, -0.25) is 24.5 Å². The fraction of sp³-hybridized carbons (Fsp3) is 0.583. The summed E-state index contributed by atoms with van der Waals surface area (Å²) in [6, 6.07) is -0.264. The smallest absolute Gasteiger partial charge is 0.243 e. The summed E-state index contributed by atoms with van der Waals surface area (Å²) in [5, 5.41) is 6.70. The van der Waals surface area contributed by atoms with Gasteiger partial charge in [0.15, 0.2) is 0 Å². The average Bonchev–Trinajstić information content (AvgIpc) is 2.55. The van der Waals surface area contributed by atoms with Crippen LogP contribution in [0.15, 0.2) is 4.47 Å². The molecule has 1 unspecified atom stereocenters. The number of carbonyl (C=O) groups excluding carboxylic acids is 2. The monoisotopic (exact) mass is 328 g/mol. The van der Waals surface area contributed by atoms with Gasteiger partial charge in [0.05, 0.1) is 28.4 Å². The molecule has 19 heavy (non-hydrogen) atoms. The molecule has 0 aliphatic carbocycles. The Bertz CT molecular complexity index is 526. The third-order valence-electron chi connectivity index (χ3n) is 3.35. The van der Waals surface area contributed by atoms with Crippen molar-refractivity contribution in [2.45, 2.75) is 32.9 Å². The van der Waals surface area contributed by atoms with Crippen molar-refractivity contribution in [1.29, 1.82) is 0 Å². The normalized spacial score (nSPS) is 20.7. The van der Waals surface area contributed by atoms with Gasteiger partial charge >= 0.3 is 0 Å². The van der Waals surface area contributed by atoms with Crippen molar-refractivity contribution in [1.82, 2.24) is 20.0 Å². The summed E-state index contributed by atoms with van der Waals surface area (Å²) in [6.45, 7) is 4.62. The van der Waals surface area contributed by atoms with Crippen LogP contribution in [0, 0.1) is 6.92 Å². The zero-order valence-electron chi connectivity index (χ0n) is 11.2. The fourth-order valence-corrected chi connectivity index (χ4v) is 2.84. The summed E-state index contributed by atoms with van der Waals surface area (Å²) in [7, 11) is 1.86. The molecule has 0 aromatic carbocycles. The summed E-state index contributed by atoms with van der Waals surface area (Å²) in [5.74, 6) is -0.460. The van der Waals surface area contributed by atoms with Gasteiger partial charge in [0.25, 0.3) is 0 Å². The molecule has 2 rings (SSSR count). The highest BCUT2D eigenvalue weighted by Gasteiger charge is 2.33. The van der Waals surface area contributed by atoms with E-state index in [1.54, 1.807) is 4.68 Å². The number of carbonyl (C=O) groups is 2. The summed E-state index contributed by atoms with van der Waals surface area (Å²) in [5.41, 5.74) is 1.87. The van der Waals surface area contributed by atoms with Crippen molar-refractivity contribution < 1.29 is 9.59 Å². The van der Waals surface area contributed by atoms with Crippen LogP contribution in [0.25, 0.3) is 0 Å². The van der Waals surface area contributed by atoms with Gasteiger partial charge in [-0.2, -0.15) is 5.10 Å². The topological polar surface area (TPSA) is 67.2 Å². The lowest BCUT2D eigenvalue weighted by molar-refractivity contribution is -0.140. The Hall–Kier alpha value is -1.21. The maximum absolute atomic E-state index is 11.8. The van der Waals surface area contributed by atoms with Crippen molar-refractivity contribution in [2.24, 2.45) is 7.05 Å². The summed E-state index contributed by atoms with van der Waals surface area (Å²) < 4.78 is 2.71. The molecule has 0 spiro atoms. The van der Waals surface area contributed by atoms with Gasteiger partial charge in [0, 0.05) is 13.6 Å². The molecule has 0 radical (unpaired) electrons. The first-order chi connectivity index (χ1) is 8.93. The molecule has 104 valence electrons. The van der Waals surface area contributed by atoms with Gasteiger partial charge in [-0.05, 0) is 29.3 Å². The molecule has 1 fully saturated rings. The predicted octanol–water partition coefficient (Wildman–Crippen LogP) is 0.728. The molecule has 1 aliphatic rings. The van der Waals surface area contributed by atoms with Crippen LogP contribution in [-0.2, 0) is 23.2 Å². The molecule has 0 saturated carbocycles. The van der Waals surface area contributed by atoms with Crippen LogP contribution in [0.3, 0.4) is 0 Å². The van der Waals surface area contributed by atoms with Crippen molar-refractivity contribution in [3.63, 3.8) is 0 Å². The number of halogens is 1. The van der Waals surface area contributed by atoms with E-state index in [-0.39, 0.29) is 24.4 Å². The maximum atomic E-state index is 11.8. The summed E-state index contributed by atoms with van der Waals surface area (Å²) >= 11 is 3.50. The molecule has 2 heterocycles. The van der Waals surface area contributed by atoms with E-state index < -0.39 is 0 Å². The van der Waals surface area contributed by atoms with Gasteiger partial charge in [-0.15, -0.1) is 0 Å². The molecule has 1 atom stereocenters. The standard InChI is InChI=1S/C12H17BrN4O2/c1-4-8-12(19)14-10(18)6-17(8)5-9-11(13)7(2)15-16(9)3/h8H,4-6H2,1-3H3,(H,14,18,19). The maximum Gasteiger partial charge on any atom is 0.243 e. The number of nitrogens with zero attached hydrogens (tertiary/aromatic N) is 3. The molecule has 1 aliphatic heterocycles. The minimum atomic E-state index is -0.264. The Balaban J connectivity index is 2.25. The Labute approximate surface area is 120 Å². The molecule has 1 aromatic heterocycles. The van der Waals surface area contributed by atoms with E-state index in [9.17, 15) is 9.59 Å². The van der Waals surface area contributed by atoms with E-state index >= 15 is 0 Å². The van der Waals surface area contributed by atoms with E-state index in [0.717, 1.165) is 15.9 Å². The third-order valence-corrected chi connectivity index (χ3v) is 4.39. The van der Waals surface area contributed by atoms with Crippen LogP contribution in [0.5, 0.6) is 0 Å². The van der Waals surface area contributed by atoms with Crippen LogP contribution in [0.4, 0.5) is 0 Å². The first-order valence-electron chi connectivity index (χ1n) is 6.19. The third kappa shape index (κ3) is 2.71. The highest BCUT2D eigenvalue weighted by atomic mass is 79.9. The molecular weight excluding hydrogens is 312 g/mol. The van der Waals surface area contributed by atoms with Crippen LogP contribution in [0.1, 0.15) is 24.7 Å². The number of piperazine rings is 1. The van der Waals surface area contributed by atoms with Crippen molar-refractivity contribution >= 4 is 27.7 Å². The molecule has 6 nitrogen and oxygen atoms in total. The number of hydrogen-bond acceptors (Lipinski definition) is 4. The summed E-state index contributed by atoms with van der Waals surface area (Å²) in [6.07, 6.45) is 0.674. The quantitative estimate of drug-likeness (QED) is 0.830. The molecule has 2 amide bonds. The Morgan fingerprint density at radius 3 is 2.68 bits per heavy atom.